The van der Waals surface area contributed by atoms with Crippen molar-refractivity contribution in [2.75, 3.05) is 11.9 Å². The smallest absolute Gasteiger partial charge is 0.205 e. The molecule has 1 heterocycles. The van der Waals surface area contributed by atoms with Crippen molar-refractivity contribution in [3.05, 3.63) is 5.01 Å². The molecule has 102 valence electrons. The van der Waals surface area contributed by atoms with E-state index in [2.05, 4.69) is 36.3 Å². The topological polar surface area (TPSA) is 58.0 Å². The van der Waals surface area contributed by atoms with E-state index in [4.69, 9.17) is 0 Å². The second kappa shape index (κ2) is 5.13. The molecule has 2 rings (SSSR count). The van der Waals surface area contributed by atoms with Crippen LogP contribution in [-0.4, -0.2) is 27.4 Å². The average Bonchev–Trinajstić information content (AvgIpc) is 2.76. The fourth-order valence-electron chi connectivity index (χ4n) is 2.22. The molecule has 2 N–H and O–H groups in total. The van der Waals surface area contributed by atoms with Gasteiger partial charge in [-0.1, -0.05) is 51.4 Å². The van der Waals surface area contributed by atoms with Crippen molar-refractivity contribution in [2.24, 2.45) is 0 Å². The van der Waals surface area contributed by atoms with Gasteiger partial charge in [0.2, 0.25) is 5.13 Å². The minimum absolute atomic E-state index is 0.0410. The molecule has 1 aromatic rings. The highest BCUT2D eigenvalue weighted by Gasteiger charge is 2.29. The Bertz CT molecular complexity index is 391. The summed E-state index contributed by atoms with van der Waals surface area (Å²) in [5, 5.41) is 23.8. The SMILES string of the molecule is CC(C)(C)c1nnc(NCC2(O)CCCCC2)s1. The predicted octanol–water partition coefficient (Wildman–Crippen LogP) is 2.94. The second-order valence-corrected chi connectivity index (χ2v) is 7.28. The Kier molecular flexibility index (Phi) is 3.92. The molecule has 1 aromatic heterocycles. The zero-order chi connectivity index (χ0) is 13.2. The monoisotopic (exact) mass is 269 g/mol. The van der Waals surface area contributed by atoms with Gasteiger partial charge in [-0.05, 0) is 12.8 Å². The lowest BCUT2D eigenvalue weighted by atomic mass is 9.85. The predicted molar refractivity (Wildman–Crippen MR) is 75.1 cm³/mol. The molecule has 0 aromatic carbocycles. The highest BCUT2D eigenvalue weighted by molar-refractivity contribution is 7.15. The van der Waals surface area contributed by atoms with Crippen LogP contribution in [0, 0.1) is 0 Å². The summed E-state index contributed by atoms with van der Waals surface area (Å²) in [6.07, 6.45) is 5.29. The van der Waals surface area contributed by atoms with E-state index in [1.54, 1.807) is 11.3 Å². The number of nitrogens with one attached hydrogen (secondary N) is 1. The van der Waals surface area contributed by atoms with E-state index in [0.717, 1.165) is 35.8 Å². The number of aliphatic hydroxyl groups is 1. The molecule has 1 fully saturated rings. The first-order chi connectivity index (χ1) is 8.39. The van der Waals surface area contributed by atoms with Crippen LogP contribution in [-0.2, 0) is 5.41 Å². The first-order valence-corrected chi connectivity index (χ1v) is 7.51. The molecule has 0 atom stereocenters. The highest BCUT2D eigenvalue weighted by Crippen LogP contribution is 2.30. The summed E-state index contributed by atoms with van der Waals surface area (Å²) in [6, 6.07) is 0. The lowest BCUT2D eigenvalue weighted by Gasteiger charge is -2.31. The molecule has 0 saturated heterocycles. The summed E-state index contributed by atoms with van der Waals surface area (Å²) in [5.41, 5.74) is -0.509. The van der Waals surface area contributed by atoms with Gasteiger partial charge in [0.1, 0.15) is 5.01 Å². The molecule has 0 unspecified atom stereocenters. The zero-order valence-electron chi connectivity index (χ0n) is 11.5. The molecule has 1 aliphatic rings. The van der Waals surface area contributed by atoms with E-state index in [1.807, 2.05) is 0 Å². The Labute approximate surface area is 113 Å². The lowest BCUT2D eigenvalue weighted by Crippen LogP contribution is -2.38. The van der Waals surface area contributed by atoms with Gasteiger partial charge in [0, 0.05) is 12.0 Å². The molecule has 0 amide bonds. The van der Waals surface area contributed by atoms with Crippen LogP contribution in [0.1, 0.15) is 57.9 Å². The van der Waals surface area contributed by atoms with E-state index < -0.39 is 5.60 Å². The molecule has 1 aliphatic carbocycles. The summed E-state index contributed by atoms with van der Waals surface area (Å²) in [7, 11) is 0. The Hall–Kier alpha value is -0.680. The first kappa shape index (κ1) is 13.7. The van der Waals surface area contributed by atoms with Crippen molar-refractivity contribution < 1.29 is 5.11 Å². The van der Waals surface area contributed by atoms with Crippen LogP contribution in [0.15, 0.2) is 0 Å². The van der Waals surface area contributed by atoms with Crippen molar-refractivity contribution in [3.8, 4) is 0 Å². The molecular weight excluding hydrogens is 246 g/mol. The van der Waals surface area contributed by atoms with Crippen LogP contribution in [0.5, 0.6) is 0 Å². The standard InChI is InChI=1S/C13H23N3OS/c1-12(2,3)10-15-16-11(18-10)14-9-13(17)7-5-4-6-8-13/h17H,4-9H2,1-3H3,(H,14,16). The third kappa shape index (κ3) is 3.42. The van der Waals surface area contributed by atoms with Crippen LogP contribution in [0.4, 0.5) is 5.13 Å². The number of rotatable bonds is 3. The Balaban J connectivity index is 1.92. The van der Waals surface area contributed by atoms with Crippen molar-refractivity contribution in [1.29, 1.82) is 0 Å². The van der Waals surface area contributed by atoms with E-state index in [9.17, 15) is 5.11 Å². The number of hydrogen-bond donors (Lipinski definition) is 2. The maximum atomic E-state index is 10.4. The Morgan fingerprint density at radius 1 is 1.22 bits per heavy atom. The Morgan fingerprint density at radius 3 is 2.44 bits per heavy atom. The van der Waals surface area contributed by atoms with Crippen LogP contribution in [0.2, 0.25) is 0 Å². The number of nitrogens with zero attached hydrogens (tertiary/aromatic N) is 2. The average molecular weight is 269 g/mol. The van der Waals surface area contributed by atoms with Gasteiger partial charge >= 0.3 is 0 Å². The van der Waals surface area contributed by atoms with Crippen LogP contribution < -0.4 is 5.32 Å². The van der Waals surface area contributed by atoms with Gasteiger partial charge in [0.15, 0.2) is 0 Å². The van der Waals surface area contributed by atoms with Crippen LogP contribution in [0.3, 0.4) is 0 Å². The molecule has 18 heavy (non-hydrogen) atoms. The van der Waals surface area contributed by atoms with Gasteiger partial charge in [-0.3, -0.25) is 0 Å². The van der Waals surface area contributed by atoms with Gasteiger partial charge < -0.3 is 10.4 Å². The summed E-state index contributed by atoms with van der Waals surface area (Å²) in [4.78, 5) is 0. The van der Waals surface area contributed by atoms with Crippen molar-refractivity contribution in [1.82, 2.24) is 10.2 Å². The number of aromatic nitrogens is 2. The fraction of sp³-hybridized carbons (Fsp3) is 0.846. The van der Waals surface area contributed by atoms with Crippen molar-refractivity contribution in [2.45, 2.75) is 63.9 Å². The maximum Gasteiger partial charge on any atom is 0.205 e. The first-order valence-electron chi connectivity index (χ1n) is 6.69. The number of hydrogen-bond acceptors (Lipinski definition) is 5. The molecule has 0 radical (unpaired) electrons. The quantitative estimate of drug-likeness (QED) is 0.886. The van der Waals surface area contributed by atoms with Gasteiger partial charge in [0.25, 0.3) is 0 Å². The van der Waals surface area contributed by atoms with E-state index in [-0.39, 0.29) is 5.41 Å². The molecular formula is C13H23N3OS. The highest BCUT2D eigenvalue weighted by atomic mass is 32.1. The van der Waals surface area contributed by atoms with Crippen molar-refractivity contribution in [3.63, 3.8) is 0 Å². The van der Waals surface area contributed by atoms with E-state index in [0.29, 0.717) is 6.54 Å². The van der Waals surface area contributed by atoms with Gasteiger partial charge in [-0.2, -0.15) is 0 Å². The maximum absolute atomic E-state index is 10.4. The molecule has 1 saturated carbocycles. The van der Waals surface area contributed by atoms with Gasteiger partial charge in [-0.25, -0.2) is 0 Å². The second-order valence-electron chi connectivity index (χ2n) is 6.30. The molecule has 0 spiro atoms. The van der Waals surface area contributed by atoms with Crippen LogP contribution in [0.25, 0.3) is 0 Å². The fourth-order valence-corrected chi connectivity index (χ4v) is 3.02. The van der Waals surface area contributed by atoms with Gasteiger partial charge in [0.05, 0.1) is 5.60 Å². The summed E-state index contributed by atoms with van der Waals surface area (Å²) in [5.74, 6) is 0. The van der Waals surface area contributed by atoms with Crippen molar-refractivity contribution >= 4 is 16.5 Å². The normalized spacial score (nSPS) is 19.8. The lowest BCUT2D eigenvalue weighted by molar-refractivity contribution is 0.0167. The van der Waals surface area contributed by atoms with E-state index in [1.165, 1.54) is 6.42 Å². The van der Waals surface area contributed by atoms with Crippen LogP contribution >= 0.6 is 11.3 Å². The molecule has 0 bridgehead atoms. The molecule has 0 aliphatic heterocycles. The minimum Gasteiger partial charge on any atom is -0.388 e. The van der Waals surface area contributed by atoms with E-state index >= 15 is 0 Å². The third-order valence-electron chi connectivity index (χ3n) is 3.42. The summed E-state index contributed by atoms with van der Waals surface area (Å²) >= 11 is 1.58. The molecule has 4 nitrogen and oxygen atoms in total. The third-order valence-corrected chi connectivity index (χ3v) is 4.73. The zero-order valence-corrected chi connectivity index (χ0v) is 12.3. The number of anilines is 1. The van der Waals surface area contributed by atoms with Gasteiger partial charge in [-0.15, -0.1) is 10.2 Å². The minimum atomic E-state index is -0.550. The summed E-state index contributed by atoms with van der Waals surface area (Å²) in [6.45, 7) is 6.98. The Morgan fingerprint density at radius 2 is 1.89 bits per heavy atom. The largest absolute Gasteiger partial charge is 0.388 e. The summed E-state index contributed by atoms with van der Waals surface area (Å²) < 4.78 is 0. The molecule has 5 heteroatoms.